The van der Waals surface area contributed by atoms with E-state index in [2.05, 4.69) is 5.32 Å². The molecule has 1 atom stereocenters. The average Bonchev–Trinajstić information content (AvgIpc) is 3.19. The maximum absolute atomic E-state index is 13.1. The molecule has 1 N–H and O–H groups in total. The van der Waals surface area contributed by atoms with E-state index >= 15 is 0 Å². The van der Waals surface area contributed by atoms with E-state index < -0.39 is 5.60 Å². The van der Waals surface area contributed by atoms with Gasteiger partial charge in [-0.1, -0.05) is 72.8 Å². The number of halogens is 1. The summed E-state index contributed by atoms with van der Waals surface area (Å²) in [6, 6.07) is 25.2. The summed E-state index contributed by atoms with van der Waals surface area (Å²) in [7, 11) is 0. The quantitative estimate of drug-likeness (QED) is 0.623. The van der Waals surface area contributed by atoms with Crippen molar-refractivity contribution in [3.63, 3.8) is 0 Å². The number of nitrogens with one attached hydrogen (secondary N) is 1. The number of amides is 3. The van der Waals surface area contributed by atoms with Crippen LogP contribution in [-0.4, -0.2) is 54.1 Å². The molecule has 6 nitrogen and oxygen atoms in total. The molecule has 2 aliphatic heterocycles. The minimum atomic E-state index is -1.01. The van der Waals surface area contributed by atoms with Gasteiger partial charge in [0.05, 0.1) is 0 Å². The Balaban J connectivity index is 1.36. The monoisotopic (exact) mass is 459 g/mol. The Morgan fingerprint density at radius 1 is 0.941 bits per heavy atom. The van der Waals surface area contributed by atoms with Gasteiger partial charge in [-0.3, -0.25) is 4.90 Å². The summed E-state index contributed by atoms with van der Waals surface area (Å²) in [5.74, 6) is -0.278. The fourth-order valence-corrected chi connectivity index (χ4v) is 4.92. The van der Waals surface area contributed by atoms with Gasteiger partial charge in [0, 0.05) is 37.3 Å². The van der Waals surface area contributed by atoms with Crippen LogP contribution in [0.15, 0.2) is 84.9 Å². The number of hydrogen-bond donors (Lipinski definition) is 1. The molecule has 2 aliphatic rings. The first-order valence-electron chi connectivity index (χ1n) is 11.5. The van der Waals surface area contributed by atoms with E-state index in [0.717, 1.165) is 16.7 Å². The first kappa shape index (κ1) is 21.9. The van der Waals surface area contributed by atoms with Crippen LogP contribution in [0.5, 0.6) is 0 Å². The van der Waals surface area contributed by atoms with Crippen molar-refractivity contribution in [3.05, 3.63) is 107 Å². The Morgan fingerprint density at radius 2 is 1.56 bits per heavy atom. The zero-order chi connectivity index (χ0) is 23.5. The number of benzene rings is 3. The van der Waals surface area contributed by atoms with Crippen LogP contribution in [0, 0.1) is 5.82 Å². The van der Waals surface area contributed by atoms with Crippen molar-refractivity contribution in [3.8, 4) is 0 Å². The van der Waals surface area contributed by atoms with E-state index in [1.54, 1.807) is 21.9 Å². The molecule has 7 heteroatoms. The number of urea groups is 1. The normalized spacial score (nSPS) is 18.9. The molecular formula is C27H26FN3O3. The smallest absolute Gasteiger partial charge is 0.411 e. The summed E-state index contributed by atoms with van der Waals surface area (Å²) in [5.41, 5.74) is 1.70. The first-order valence-corrected chi connectivity index (χ1v) is 11.5. The van der Waals surface area contributed by atoms with Crippen LogP contribution in [0.3, 0.4) is 0 Å². The van der Waals surface area contributed by atoms with Crippen molar-refractivity contribution >= 4 is 12.1 Å². The minimum Gasteiger partial charge on any atom is -0.431 e. The summed E-state index contributed by atoms with van der Waals surface area (Å²) >= 11 is 0. The summed E-state index contributed by atoms with van der Waals surface area (Å²) < 4.78 is 19.3. The van der Waals surface area contributed by atoms with Gasteiger partial charge >= 0.3 is 12.1 Å². The van der Waals surface area contributed by atoms with Gasteiger partial charge in [-0.25, -0.2) is 14.0 Å². The van der Waals surface area contributed by atoms with Gasteiger partial charge in [0.1, 0.15) is 11.9 Å². The number of nitrogens with zero attached hydrogens (tertiary/aromatic N) is 2. The maximum Gasteiger partial charge on any atom is 0.411 e. The molecule has 2 fully saturated rings. The number of fused-ring (bicyclic) bond motifs is 1. The molecule has 2 saturated heterocycles. The van der Waals surface area contributed by atoms with Crippen molar-refractivity contribution in [2.45, 2.75) is 18.1 Å². The fraction of sp³-hybridized carbons (Fsp3) is 0.259. The highest BCUT2D eigenvalue weighted by Gasteiger charge is 2.58. The van der Waals surface area contributed by atoms with Gasteiger partial charge in [-0.05, 0) is 24.1 Å². The third-order valence-electron chi connectivity index (χ3n) is 6.63. The summed E-state index contributed by atoms with van der Waals surface area (Å²) in [6.45, 7) is 1.61. The van der Waals surface area contributed by atoms with Crippen molar-refractivity contribution in [1.29, 1.82) is 0 Å². The van der Waals surface area contributed by atoms with E-state index in [4.69, 9.17) is 4.74 Å². The Morgan fingerprint density at radius 3 is 2.18 bits per heavy atom. The van der Waals surface area contributed by atoms with Crippen LogP contribution in [0.4, 0.5) is 14.0 Å². The van der Waals surface area contributed by atoms with Crippen LogP contribution >= 0.6 is 0 Å². The number of ether oxygens (including phenoxy) is 1. The molecule has 3 amide bonds. The molecule has 0 spiro atoms. The number of carbonyl (C=O) groups excluding carboxylic acids is 2. The van der Waals surface area contributed by atoms with Crippen molar-refractivity contribution < 1.29 is 18.7 Å². The summed E-state index contributed by atoms with van der Waals surface area (Å²) in [4.78, 5) is 29.4. The summed E-state index contributed by atoms with van der Waals surface area (Å²) in [6.07, 6.45) is 0.240. The van der Waals surface area contributed by atoms with E-state index in [9.17, 15) is 14.0 Å². The Hall–Kier alpha value is -3.87. The Kier molecular flexibility index (Phi) is 5.92. The molecule has 3 aromatic carbocycles. The Bertz CT molecular complexity index is 1120. The molecule has 174 valence electrons. The molecule has 0 saturated carbocycles. The maximum atomic E-state index is 13.1. The predicted octanol–water partition coefficient (Wildman–Crippen LogP) is 4.16. The number of carbonyl (C=O) groups is 2. The largest absolute Gasteiger partial charge is 0.431 e. The number of piperazine rings is 1. The lowest BCUT2D eigenvalue weighted by molar-refractivity contribution is 0.0512. The number of hydrogen-bond acceptors (Lipinski definition) is 3. The zero-order valence-corrected chi connectivity index (χ0v) is 18.7. The fourth-order valence-electron chi connectivity index (χ4n) is 4.92. The standard InChI is InChI=1S/C27H26FN3O3/c28-23-13-11-20(12-14-23)15-16-29-25(32)30-17-18-31-24(19-30)27(34-26(31)33,21-7-3-1-4-8-21)22-9-5-2-6-10-22/h1-14,24H,15-19H2,(H,29,32). The van der Waals surface area contributed by atoms with Crippen LogP contribution < -0.4 is 5.32 Å². The third kappa shape index (κ3) is 3.98. The number of rotatable bonds is 5. The van der Waals surface area contributed by atoms with E-state index in [1.165, 1.54) is 12.1 Å². The lowest BCUT2D eigenvalue weighted by Gasteiger charge is -2.42. The first-order chi connectivity index (χ1) is 16.6. The van der Waals surface area contributed by atoms with Gasteiger partial charge in [0.25, 0.3) is 0 Å². The molecule has 0 aromatic heterocycles. The second-order valence-electron chi connectivity index (χ2n) is 8.60. The van der Waals surface area contributed by atoms with Crippen molar-refractivity contribution in [1.82, 2.24) is 15.1 Å². The summed E-state index contributed by atoms with van der Waals surface area (Å²) in [5, 5.41) is 2.96. The highest BCUT2D eigenvalue weighted by molar-refractivity contribution is 5.77. The zero-order valence-electron chi connectivity index (χ0n) is 18.7. The van der Waals surface area contributed by atoms with Crippen LogP contribution in [0.1, 0.15) is 16.7 Å². The highest BCUT2D eigenvalue weighted by Crippen LogP contribution is 2.45. The van der Waals surface area contributed by atoms with Crippen molar-refractivity contribution in [2.75, 3.05) is 26.2 Å². The van der Waals surface area contributed by atoms with Crippen LogP contribution in [0.2, 0.25) is 0 Å². The van der Waals surface area contributed by atoms with Gasteiger partial charge in [0.15, 0.2) is 5.60 Å². The minimum absolute atomic E-state index is 0.184. The topological polar surface area (TPSA) is 61.9 Å². The highest BCUT2D eigenvalue weighted by atomic mass is 19.1. The van der Waals surface area contributed by atoms with E-state index in [-0.39, 0.29) is 24.0 Å². The van der Waals surface area contributed by atoms with Gasteiger partial charge in [-0.2, -0.15) is 0 Å². The molecule has 5 rings (SSSR count). The lowest BCUT2D eigenvalue weighted by Crippen LogP contribution is -2.60. The van der Waals surface area contributed by atoms with E-state index in [0.29, 0.717) is 32.6 Å². The number of cyclic esters (lactones) is 1. The van der Waals surface area contributed by atoms with Crippen LogP contribution in [-0.2, 0) is 16.8 Å². The molecule has 0 aliphatic carbocycles. The van der Waals surface area contributed by atoms with Crippen molar-refractivity contribution in [2.24, 2.45) is 0 Å². The molecule has 3 aromatic rings. The second-order valence-corrected chi connectivity index (χ2v) is 8.60. The predicted molar refractivity (Wildman–Crippen MR) is 126 cm³/mol. The molecular weight excluding hydrogens is 433 g/mol. The van der Waals surface area contributed by atoms with Gasteiger partial charge in [-0.15, -0.1) is 0 Å². The Labute approximate surface area is 197 Å². The van der Waals surface area contributed by atoms with Gasteiger partial charge in [0.2, 0.25) is 0 Å². The molecule has 1 unspecified atom stereocenters. The lowest BCUT2D eigenvalue weighted by atomic mass is 9.79. The third-order valence-corrected chi connectivity index (χ3v) is 6.63. The van der Waals surface area contributed by atoms with Crippen LogP contribution in [0.25, 0.3) is 0 Å². The SMILES string of the molecule is O=C(NCCc1ccc(F)cc1)N1CCN2C(=O)OC(c3ccccc3)(c3ccccc3)C2C1. The van der Waals surface area contributed by atoms with Gasteiger partial charge < -0.3 is 15.0 Å². The average molecular weight is 460 g/mol. The molecule has 0 bridgehead atoms. The molecule has 0 radical (unpaired) electrons. The molecule has 2 heterocycles. The van der Waals surface area contributed by atoms with E-state index in [1.807, 2.05) is 60.7 Å². The second kappa shape index (κ2) is 9.17. The molecule has 34 heavy (non-hydrogen) atoms.